The lowest BCUT2D eigenvalue weighted by molar-refractivity contribution is -0.145. The molecule has 2 atom stereocenters. The van der Waals surface area contributed by atoms with Crippen LogP contribution in [0, 0.1) is 11.8 Å². The lowest BCUT2D eigenvalue weighted by atomic mass is 9.81. The van der Waals surface area contributed by atoms with Gasteiger partial charge in [-0.1, -0.05) is 30.3 Å². The Balaban J connectivity index is 2.06. The zero-order valence-corrected chi connectivity index (χ0v) is 10.2. The SMILES string of the molecule is CN1CCC(Cc2ccccc2)C(C(=O)O)C1. The second kappa shape index (κ2) is 5.32. The molecule has 1 aliphatic rings. The van der Waals surface area contributed by atoms with Crippen molar-refractivity contribution in [1.29, 1.82) is 0 Å². The van der Waals surface area contributed by atoms with Gasteiger partial charge in [0.05, 0.1) is 5.92 Å². The van der Waals surface area contributed by atoms with Gasteiger partial charge < -0.3 is 10.0 Å². The maximum absolute atomic E-state index is 11.3. The summed E-state index contributed by atoms with van der Waals surface area (Å²) in [5.41, 5.74) is 1.24. The number of piperidine rings is 1. The summed E-state index contributed by atoms with van der Waals surface area (Å²) >= 11 is 0. The summed E-state index contributed by atoms with van der Waals surface area (Å²) in [6, 6.07) is 10.2. The van der Waals surface area contributed by atoms with Crippen LogP contribution in [-0.4, -0.2) is 36.1 Å². The van der Waals surface area contributed by atoms with Crippen molar-refractivity contribution in [2.45, 2.75) is 12.8 Å². The first-order chi connectivity index (χ1) is 8.16. The average Bonchev–Trinajstić information content (AvgIpc) is 2.32. The van der Waals surface area contributed by atoms with Gasteiger partial charge in [-0.25, -0.2) is 0 Å². The Morgan fingerprint density at radius 1 is 1.41 bits per heavy atom. The van der Waals surface area contributed by atoms with Crippen molar-refractivity contribution in [3.8, 4) is 0 Å². The molecule has 1 aliphatic heterocycles. The number of carbonyl (C=O) groups is 1. The van der Waals surface area contributed by atoms with Crippen molar-refractivity contribution in [3.63, 3.8) is 0 Å². The third-order valence-electron chi connectivity index (χ3n) is 3.62. The lowest BCUT2D eigenvalue weighted by Gasteiger charge is -2.34. The lowest BCUT2D eigenvalue weighted by Crippen LogP contribution is -2.42. The number of hydrogen-bond acceptors (Lipinski definition) is 2. The van der Waals surface area contributed by atoms with Crippen LogP contribution >= 0.6 is 0 Å². The zero-order valence-electron chi connectivity index (χ0n) is 10.2. The molecule has 0 aliphatic carbocycles. The Morgan fingerprint density at radius 2 is 2.12 bits per heavy atom. The first kappa shape index (κ1) is 12.1. The Kier molecular flexibility index (Phi) is 3.79. The minimum Gasteiger partial charge on any atom is -0.481 e. The largest absolute Gasteiger partial charge is 0.481 e. The molecule has 1 N–H and O–H groups in total. The molecule has 0 aromatic heterocycles. The molecule has 1 aromatic rings. The van der Waals surface area contributed by atoms with E-state index in [4.69, 9.17) is 0 Å². The number of nitrogens with zero attached hydrogens (tertiary/aromatic N) is 1. The van der Waals surface area contributed by atoms with E-state index < -0.39 is 5.97 Å². The van der Waals surface area contributed by atoms with Crippen LogP contribution < -0.4 is 0 Å². The fourth-order valence-electron chi connectivity index (χ4n) is 2.60. The fourth-order valence-corrected chi connectivity index (χ4v) is 2.60. The number of rotatable bonds is 3. The molecule has 92 valence electrons. The number of carboxylic acid groups (broad SMARTS) is 1. The molecular weight excluding hydrogens is 214 g/mol. The second-order valence-electron chi connectivity index (χ2n) is 4.95. The monoisotopic (exact) mass is 233 g/mol. The van der Waals surface area contributed by atoms with E-state index in [1.54, 1.807) is 0 Å². The molecule has 0 spiro atoms. The Labute approximate surface area is 102 Å². The van der Waals surface area contributed by atoms with Crippen LogP contribution in [-0.2, 0) is 11.2 Å². The number of likely N-dealkylation sites (tertiary alicyclic amines) is 1. The van der Waals surface area contributed by atoms with Crippen LogP contribution in [0.1, 0.15) is 12.0 Å². The van der Waals surface area contributed by atoms with Crippen molar-refractivity contribution in [2.24, 2.45) is 11.8 Å². The summed E-state index contributed by atoms with van der Waals surface area (Å²) in [7, 11) is 1.99. The summed E-state index contributed by atoms with van der Waals surface area (Å²) < 4.78 is 0. The van der Waals surface area contributed by atoms with Gasteiger partial charge in [-0.3, -0.25) is 4.79 Å². The highest BCUT2D eigenvalue weighted by Crippen LogP contribution is 2.26. The van der Waals surface area contributed by atoms with Crippen molar-refractivity contribution in [3.05, 3.63) is 35.9 Å². The second-order valence-corrected chi connectivity index (χ2v) is 4.95. The molecule has 0 saturated carbocycles. The quantitative estimate of drug-likeness (QED) is 0.866. The molecular formula is C14H19NO2. The first-order valence-corrected chi connectivity index (χ1v) is 6.12. The van der Waals surface area contributed by atoms with Gasteiger partial charge in [0.15, 0.2) is 0 Å². The van der Waals surface area contributed by atoms with E-state index in [9.17, 15) is 9.90 Å². The topological polar surface area (TPSA) is 40.5 Å². The molecule has 17 heavy (non-hydrogen) atoms. The molecule has 1 aromatic carbocycles. The van der Waals surface area contributed by atoms with Crippen molar-refractivity contribution < 1.29 is 9.90 Å². The molecule has 1 saturated heterocycles. The summed E-state index contributed by atoms with van der Waals surface area (Å²) in [5, 5.41) is 9.28. The number of carboxylic acids is 1. The summed E-state index contributed by atoms with van der Waals surface area (Å²) in [6.07, 6.45) is 1.86. The van der Waals surface area contributed by atoms with Gasteiger partial charge in [-0.15, -0.1) is 0 Å². The first-order valence-electron chi connectivity index (χ1n) is 6.12. The van der Waals surface area contributed by atoms with Crippen LogP contribution in [0.4, 0.5) is 0 Å². The predicted octanol–water partition coefficient (Wildman–Crippen LogP) is 1.88. The van der Waals surface area contributed by atoms with Gasteiger partial charge in [0.1, 0.15) is 0 Å². The van der Waals surface area contributed by atoms with E-state index >= 15 is 0 Å². The van der Waals surface area contributed by atoms with E-state index in [-0.39, 0.29) is 11.8 Å². The van der Waals surface area contributed by atoms with E-state index in [1.165, 1.54) is 5.56 Å². The van der Waals surface area contributed by atoms with E-state index in [2.05, 4.69) is 17.0 Å². The Bertz CT molecular complexity index is 377. The Hall–Kier alpha value is -1.35. The van der Waals surface area contributed by atoms with E-state index in [0.717, 1.165) is 19.4 Å². The van der Waals surface area contributed by atoms with Gasteiger partial charge in [0.25, 0.3) is 0 Å². The third kappa shape index (κ3) is 3.07. The van der Waals surface area contributed by atoms with Crippen LogP contribution in [0.25, 0.3) is 0 Å². The van der Waals surface area contributed by atoms with Crippen LogP contribution in [0.15, 0.2) is 30.3 Å². The molecule has 1 heterocycles. The summed E-state index contributed by atoms with van der Waals surface area (Å²) in [6.45, 7) is 1.67. The average molecular weight is 233 g/mol. The van der Waals surface area contributed by atoms with E-state index in [0.29, 0.717) is 6.54 Å². The third-order valence-corrected chi connectivity index (χ3v) is 3.62. The highest BCUT2D eigenvalue weighted by Gasteiger charge is 2.32. The standard InChI is InChI=1S/C14H19NO2/c1-15-8-7-12(13(10-15)14(16)17)9-11-5-3-2-4-6-11/h2-6,12-13H,7-10H2,1H3,(H,16,17). The van der Waals surface area contributed by atoms with Crippen molar-refractivity contribution >= 4 is 5.97 Å². The number of hydrogen-bond donors (Lipinski definition) is 1. The highest BCUT2D eigenvalue weighted by molar-refractivity contribution is 5.70. The molecule has 0 amide bonds. The summed E-state index contributed by atoms with van der Waals surface area (Å²) in [5.74, 6) is -0.613. The van der Waals surface area contributed by atoms with Gasteiger partial charge in [0.2, 0.25) is 0 Å². The number of benzene rings is 1. The van der Waals surface area contributed by atoms with E-state index in [1.807, 2.05) is 25.2 Å². The molecule has 3 heteroatoms. The molecule has 1 fully saturated rings. The molecule has 3 nitrogen and oxygen atoms in total. The van der Waals surface area contributed by atoms with Crippen molar-refractivity contribution in [2.75, 3.05) is 20.1 Å². The molecule has 0 bridgehead atoms. The maximum Gasteiger partial charge on any atom is 0.308 e. The fraction of sp³-hybridized carbons (Fsp3) is 0.500. The smallest absolute Gasteiger partial charge is 0.308 e. The molecule has 2 rings (SSSR count). The summed E-state index contributed by atoms with van der Waals surface area (Å²) in [4.78, 5) is 13.4. The van der Waals surface area contributed by atoms with Crippen LogP contribution in [0.2, 0.25) is 0 Å². The maximum atomic E-state index is 11.3. The zero-order chi connectivity index (χ0) is 12.3. The Morgan fingerprint density at radius 3 is 2.76 bits per heavy atom. The van der Waals surface area contributed by atoms with Gasteiger partial charge in [-0.05, 0) is 37.9 Å². The van der Waals surface area contributed by atoms with Gasteiger partial charge in [0, 0.05) is 6.54 Å². The van der Waals surface area contributed by atoms with Crippen LogP contribution in [0.5, 0.6) is 0 Å². The van der Waals surface area contributed by atoms with Gasteiger partial charge >= 0.3 is 5.97 Å². The van der Waals surface area contributed by atoms with Crippen LogP contribution in [0.3, 0.4) is 0 Å². The normalized spacial score (nSPS) is 25.7. The minimum atomic E-state index is -0.655. The van der Waals surface area contributed by atoms with Gasteiger partial charge in [-0.2, -0.15) is 0 Å². The molecule has 0 radical (unpaired) electrons. The molecule has 2 unspecified atom stereocenters. The predicted molar refractivity (Wildman–Crippen MR) is 66.9 cm³/mol. The van der Waals surface area contributed by atoms with Crippen molar-refractivity contribution in [1.82, 2.24) is 4.90 Å². The highest BCUT2D eigenvalue weighted by atomic mass is 16.4. The number of aliphatic carboxylic acids is 1. The minimum absolute atomic E-state index is 0.228.